The van der Waals surface area contributed by atoms with Gasteiger partial charge in [-0.2, -0.15) is 4.98 Å². The van der Waals surface area contributed by atoms with Crippen molar-refractivity contribution >= 4 is 22.8 Å². The maximum absolute atomic E-state index is 12.5. The molecule has 1 aromatic carbocycles. The number of nitrogens with zero attached hydrogens (tertiary/aromatic N) is 3. The Balaban J connectivity index is 1.92. The van der Waals surface area contributed by atoms with E-state index in [9.17, 15) is 22.8 Å². The Bertz CT molecular complexity index is 1350. The smallest absolute Gasteiger partial charge is 0.433 e. The molecule has 174 valence electrons. The van der Waals surface area contributed by atoms with Gasteiger partial charge in [-0.25, -0.2) is 4.79 Å². The Labute approximate surface area is 189 Å². The molecule has 0 aliphatic carbocycles. The average molecular weight is 483 g/mol. The second-order valence-corrected chi connectivity index (χ2v) is 7.08. The molecule has 0 unspecified atom stereocenters. The minimum atomic E-state index is -4.80. The number of aromatic amines is 1. The van der Waals surface area contributed by atoms with Crippen LogP contribution in [-0.4, -0.2) is 25.5 Å². The Kier molecular flexibility index (Phi) is 7.12. The summed E-state index contributed by atoms with van der Waals surface area (Å²) in [5, 5.41) is 0.538. The number of ether oxygens (including phenoxy) is 2. The Morgan fingerprint density at radius 3 is 2.55 bits per heavy atom. The Hall–Kier alpha value is -3.73. The van der Waals surface area contributed by atoms with Crippen LogP contribution in [-0.2, 0) is 18.3 Å². The maximum atomic E-state index is 12.5. The van der Waals surface area contributed by atoms with Crippen molar-refractivity contribution in [2.45, 2.75) is 19.8 Å². The number of fused-ring (bicyclic) bond motifs is 1. The highest BCUT2D eigenvalue weighted by Crippen LogP contribution is 2.22. The predicted molar refractivity (Wildman–Crippen MR) is 116 cm³/mol. The quantitative estimate of drug-likeness (QED) is 0.406. The van der Waals surface area contributed by atoms with Gasteiger partial charge in [-0.15, -0.1) is 13.2 Å². The first kappa shape index (κ1) is 23.9. The molecule has 0 aliphatic rings. The molecule has 2 heterocycles. The molecule has 0 amide bonds. The molecule has 8 nitrogen and oxygen atoms in total. The Morgan fingerprint density at radius 2 is 1.91 bits per heavy atom. The standard InChI is InChI=1S/C21H18ClF3N4O4/c1-3-15(33-21(23,24)25)6-4-5-11-32-20-26-17-16(18(30)27-19(31)28(17)2)29(20)12-13-7-9-14(22)10-8-13/h3-11H,12H2,1-2H3,(H,27,30,31). The van der Waals surface area contributed by atoms with Crippen LogP contribution in [0.3, 0.4) is 0 Å². The number of benzene rings is 1. The van der Waals surface area contributed by atoms with Gasteiger partial charge in [0, 0.05) is 12.1 Å². The van der Waals surface area contributed by atoms with Gasteiger partial charge in [0.05, 0.1) is 12.8 Å². The molecular formula is C21H18ClF3N4O4. The van der Waals surface area contributed by atoms with Crippen LogP contribution in [0.4, 0.5) is 13.2 Å². The third-order valence-corrected chi connectivity index (χ3v) is 4.62. The van der Waals surface area contributed by atoms with Crippen LogP contribution < -0.4 is 16.0 Å². The van der Waals surface area contributed by atoms with Gasteiger partial charge in [-0.3, -0.25) is 18.9 Å². The monoisotopic (exact) mass is 482 g/mol. The molecule has 1 N–H and O–H groups in total. The number of rotatable bonds is 7. The van der Waals surface area contributed by atoms with Gasteiger partial charge in [0.15, 0.2) is 11.2 Å². The van der Waals surface area contributed by atoms with Crippen LogP contribution in [0.25, 0.3) is 11.2 Å². The van der Waals surface area contributed by atoms with E-state index >= 15 is 0 Å². The molecule has 3 rings (SSSR count). The number of aryl methyl sites for hydroxylation is 1. The van der Waals surface area contributed by atoms with Gasteiger partial charge in [0.2, 0.25) is 0 Å². The minimum absolute atomic E-state index is 0.00546. The van der Waals surface area contributed by atoms with Crippen LogP contribution >= 0.6 is 11.6 Å². The molecular weight excluding hydrogens is 465 g/mol. The van der Waals surface area contributed by atoms with Crippen LogP contribution in [0.1, 0.15) is 12.5 Å². The van der Waals surface area contributed by atoms with Crippen LogP contribution in [0.15, 0.2) is 70.2 Å². The molecule has 0 saturated carbocycles. The Morgan fingerprint density at radius 1 is 1.21 bits per heavy atom. The molecule has 0 spiro atoms. The highest BCUT2D eigenvalue weighted by atomic mass is 35.5. The van der Waals surface area contributed by atoms with Crippen molar-refractivity contribution in [3.8, 4) is 6.01 Å². The minimum Gasteiger partial charge on any atom is -0.433 e. The number of hydrogen-bond donors (Lipinski definition) is 1. The van der Waals surface area contributed by atoms with Crippen molar-refractivity contribution in [2.75, 3.05) is 0 Å². The second-order valence-electron chi connectivity index (χ2n) is 6.64. The van der Waals surface area contributed by atoms with E-state index in [2.05, 4.69) is 14.7 Å². The lowest BCUT2D eigenvalue weighted by molar-refractivity contribution is -0.303. The number of hydrogen-bond acceptors (Lipinski definition) is 5. The van der Waals surface area contributed by atoms with Crippen LogP contribution in [0.5, 0.6) is 6.01 Å². The SMILES string of the molecule is CC=C(C=CC=COc1nc2c(c(=O)[nH]c(=O)n2C)n1Cc1ccc(Cl)cc1)OC(F)(F)F. The normalized spacial score (nSPS) is 12.8. The first-order chi connectivity index (χ1) is 15.6. The number of alkyl halides is 3. The number of aromatic nitrogens is 4. The van der Waals surface area contributed by atoms with E-state index in [1.165, 1.54) is 41.5 Å². The molecule has 33 heavy (non-hydrogen) atoms. The molecule has 12 heteroatoms. The first-order valence-electron chi connectivity index (χ1n) is 9.45. The predicted octanol–water partition coefficient (Wildman–Crippen LogP) is 4.01. The number of nitrogens with one attached hydrogen (secondary N) is 1. The van der Waals surface area contributed by atoms with Crippen molar-refractivity contribution < 1.29 is 22.6 Å². The fraction of sp³-hybridized carbons (Fsp3) is 0.190. The summed E-state index contributed by atoms with van der Waals surface area (Å²) in [6, 6.07) is 6.87. The lowest BCUT2D eigenvalue weighted by Crippen LogP contribution is -2.29. The van der Waals surface area contributed by atoms with E-state index < -0.39 is 23.4 Å². The summed E-state index contributed by atoms with van der Waals surface area (Å²) in [5.74, 6) is -0.399. The zero-order chi connectivity index (χ0) is 24.2. The summed E-state index contributed by atoms with van der Waals surface area (Å²) in [5.41, 5.74) is -0.289. The second kappa shape index (κ2) is 9.82. The van der Waals surface area contributed by atoms with Crippen molar-refractivity contribution in [2.24, 2.45) is 7.05 Å². The van der Waals surface area contributed by atoms with E-state index in [1.807, 2.05) is 0 Å². The van der Waals surface area contributed by atoms with E-state index in [4.69, 9.17) is 16.3 Å². The molecule has 2 aromatic heterocycles. The summed E-state index contributed by atoms with van der Waals surface area (Å²) in [4.78, 5) is 30.9. The summed E-state index contributed by atoms with van der Waals surface area (Å²) < 4.78 is 48.9. The van der Waals surface area contributed by atoms with Crippen molar-refractivity contribution in [1.29, 1.82) is 0 Å². The van der Waals surface area contributed by atoms with E-state index in [1.54, 1.807) is 24.3 Å². The van der Waals surface area contributed by atoms with Gasteiger partial charge < -0.3 is 9.47 Å². The largest absolute Gasteiger partial charge is 0.573 e. The molecule has 0 atom stereocenters. The van der Waals surface area contributed by atoms with E-state index in [0.717, 1.165) is 17.7 Å². The van der Waals surface area contributed by atoms with Gasteiger partial charge in [-0.05, 0) is 42.8 Å². The maximum Gasteiger partial charge on any atom is 0.573 e. The van der Waals surface area contributed by atoms with Crippen molar-refractivity contribution in [1.82, 2.24) is 19.1 Å². The third-order valence-electron chi connectivity index (χ3n) is 4.37. The molecule has 0 aliphatic heterocycles. The van der Waals surface area contributed by atoms with E-state index in [0.29, 0.717) is 5.02 Å². The summed E-state index contributed by atoms with van der Waals surface area (Å²) in [7, 11) is 1.45. The molecule has 0 fully saturated rings. The van der Waals surface area contributed by atoms with Gasteiger partial charge in [0.25, 0.3) is 5.56 Å². The molecule has 0 bridgehead atoms. The van der Waals surface area contributed by atoms with Gasteiger partial charge in [-0.1, -0.05) is 29.8 Å². The molecule has 0 saturated heterocycles. The number of halogens is 4. The zero-order valence-corrected chi connectivity index (χ0v) is 18.1. The van der Waals surface area contributed by atoms with Crippen molar-refractivity contribution in [3.63, 3.8) is 0 Å². The van der Waals surface area contributed by atoms with Gasteiger partial charge in [0.1, 0.15) is 5.76 Å². The fourth-order valence-corrected chi connectivity index (χ4v) is 2.97. The van der Waals surface area contributed by atoms with Crippen LogP contribution in [0, 0.1) is 0 Å². The summed E-state index contributed by atoms with van der Waals surface area (Å²) in [6.07, 6.45) is 1.20. The third kappa shape index (κ3) is 5.95. The number of allylic oxidation sites excluding steroid dienone is 4. The lowest BCUT2D eigenvalue weighted by Gasteiger charge is -2.08. The first-order valence-corrected chi connectivity index (χ1v) is 9.82. The average Bonchev–Trinajstić information content (AvgIpc) is 3.10. The fourth-order valence-electron chi connectivity index (χ4n) is 2.84. The highest BCUT2D eigenvalue weighted by molar-refractivity contribution is 6.30. The summed E-state index contributed by atoms with van der Waals surface area (Å²) in [6.45, 7) is 1.57. The molecule has 0 radical (unpaired) electrons. The van der Waals surface area contributed by atoms with Crippen LogP contribution in [0.2, 0.25) is 5.02 Å². The lowest BCUT2D eigenvalue weighted by atomic mass is 10.2. The van der Waals surface area contributed by atoms with Gasteiger partial charge >= 0.3 is 18.1 Å². The zero-order valence-electron chi connectivity index (χ0n) is 17.4. The topological polar surface area (TPSA) is 91.1 Å². The van der Waals surface area contributed by atoms with E-state index in [-0.39, 0.29) is 23.7 Å². The number of H-pyrrole nitrogens is 1. The highest BCUT2D eigenvalue weighted by Gasteiger charge is 2.31. The number of imidazole rings is 1. The van der Waals surface area contributed by atoms with Crippen molar-refractivity contribution in [3.05, 3.63) is 92.0 Å². The summed E-state index contributed by atoms with van der Waals surface area (Å²) >= 11 is 5.92. The molecule has 3 aromatic rings.